The van der Waals surface area contributed by atoms with E-state index < -0.39 is 5.97 Å². The minimum absolute atomic E-state index is 0.0261. The number of rotatable bonds is 3. The van der Waals surface area contributed by atoms with Crippen LogP contribution in [0.15, 0.2) is 6.20 Å². The van der Waals surface area contributed by atoms with Gasteiger partial charge in [-0.25, -0.2) is 0 Å². The maximum atomic E-state index is 12.2. The van der Waals surface area contributed by atoms with Gasteiger partial charge in [0.05, 0.1) is 17.7 Å². The fourth-order valence-electron chi connectivity index (χ4n) is 2.17. The van der Waals surface area contributed by atoms with Gasteiger partial charge in [0.2, 0.25) is 0 Å². The Morgan fingerprint density at radius 3 is 2.56 bits per heavy atom. The largest absolute Gasteiger partial charge is 0.481 e. The number of aliphatic carboxylic acids is 1. The van der Waals surface area contributed by atoms with Crippen molar-refractivity contribution >= 4 is 11.9 Å². The fourth-order valence-corrected chi connectivity index (χ4v) is 2.17. The molecule has 1 fully saturated rings. The van der Waals surface area contributed by atoms with Gasteiger partial charge in [-0.15, -0.1) is 0 Å². The van der Waals surface area contributed by atoms with E-state index in [4.69, 9.17) is 5.11 Å². The van der Waals surface area contributed by atoms with E-state index >= 15 is 0 Å². The Labute approximate surface area is 105 Å². The highest BCUT2D eigenvalue weighted by molar-refractivity contribution is 5.95. The molecule has 1 N–H and O–H groups in total. The van der Waals surface area contributed by atoms with E-state index in [0.717, 1.165) is 5.69 Å². The van der Waals surface area contributed by atoms with Crippen LogP contribution in [0.1, 0.15) is 28.9 Å². The Hall–Kier alpha value is -1.85. The van der Waals surface area contributed by atoms with Gasteiger partial charge < -0.3 is 10.0 Å². The number of nitrogens with zero attached hydrogens (tertiary/aromatic N) is 3. The molecular weight excluding hydrogens is 234 g/mol. The normalized spacial score (nSPS) is 22.4. The molecule has 18 heavy (non-hydrogen) atoms. The number of carboxylic acid groups (broad SMARTS) is 1. The van der Waals surface area contributed by atoms with E-state index in [1.165, 1.54) is 0 Å². The van der Waals surface area contributed by atoms with Crippen LogP contribution in [0.25, 0.3) is 0 Å². The summed E-state index contributed by atoms with van der Waals surface area (Å²) >= 11 is 0. The lowest BCUT2D eigenvalue weighted by molar-refractivity contribution is -0.146. The predicted molar refractivity (Wildman–Crippen MR) is 64.2 cm³/mol. The van der Waals surface area contributed by atoms with Gasteiger partial charge in [-0.3, -0.25) is 14.3 Å². The number of aromatic nitrogens is 2. The van der Waals surface area contributed by atoms with Crippen molar-refractivity contribution in [3.63, 3.8) is 0 Å². The molecule has 1 aliphatic rings. The van der Waals surface area contributed by atoms with Crippen LogP contribution in [-0.4, -0.2) is 44.8 Å². The zero-order valence-corrected chi connectivity index (χ0v) is 10.8. The second-order valence-corrected chi connectivity index (χ2v) is 4.84. The molecule has 0 aromatic carbocycles. The van der Waals surface area contributed by atoms with Crippen LogP contribution >= 0.6 is 0 Å². The lowest BCUT2D eigenvalue weighted by Gasteiger charge is -2.39. The highest BCUT2D eigenvalue weighted by Crippen LogP contribution is 2.32. The van der Waals surface area contributed by atoms with Crippen LogP contribution in [0.4, 0.5) is 0 Å². The third-order valence-electron chi connectivity index (χ3n) is 3.80. The molecule has 0 aliphatic heterocycles. The molecule has 0 bridgehead atoms. The number of carboxylic acids is 1. The molecule has 1 saturated carbocycles. The van der Waals surface area contributed by atoms with Gasteiger partial charge in [0.15, 0.2) is 0 Å². The van der Waals surface area contributed by atoms with Crippen LogP contribution in [0.2, 0.25) is 0 Å². The van der Waals surface area contributed by atoms with E-state index in [-0.39, 0.29) is 17.9 Å². The van der Waals surface area contributed by atoms with E-state index in [9.17, 15) is 9.59 Å². The Morgan fingerprint density at radius 2 is 2.11 bits per heavy atom. The molecule has 0 radical (unpaired) electrons. The SMILES string of the molecule is Cc1c(C(=O)N(C)C2CC(C(=O)O)C2)cnn1C. The standard InChI is InChI=1S/C12H17N3O3/c1-7-10(6-13-15(7)3)11(16)14(2)9-4-8(5-9)12(17)18/h6,8-9H,4-5H2,1-3H3,(H,17,18). The number of carbonyl (C=O) groups excluding carboxylic acids is 1. The molecule has 0 spiro atoms. The van der Waals surface area contributed by atoms with Gasteiger partial charge in [0, 0.05) is 25.8 Å². The van der Waals surface area contributed by atoms with Gasteiger partial charge in [0.25, 0.3) is 5.91 Å². The first-order valence-corrected chi connectivity index (χ1v) is 5.90. The molecule has 0 atom stereocenters. The van der Waals surface area contributed by atoms with Crippen LogP contribution in [-0.2, 0) is 11.8 Å². The first-order chi connectivity index (χ1) is 8.41. The van der Waals surface area contributed by atoms with Crippen molar-refractivity contribution in [3.8, 4) is 0 Å². The predicted octanol–water partition coefficient (Wildman–Crippen LogP) is 0.664. The van der Waals surface area contributed by atoms with Gasteiger partial charge in [-0.2, -0.15) is 5.10 Å². The number of aryl methyl sites for hydroxylation is 1. The van der Waals surface area contributed by atoms with Crippen molar-refractivity contribution in [3.05, 3.63) is 17.5 Å². The number of hydrogen-bond acceptors (Lipinski definition) is 3. The fraction of sp³-hybridized carbons (Fsp3) is 0.583. The molecule has 1 heterocycles. The third kappa shape index (κ3) is 1.98. The topological polar surface area (TPSA) is 75.4 Å². The summed E-state index contributed by atoms with van der Waals surface area (Å²) in [6.45, 7) is 1.84. The summed E-state index contributed by atoms with van der Waals surface area (Å²) in [5.74, 6) is -1.17. The monoisotopic (exact) mass is 251 g/mol. The van der Waals surface area contributed by atoms with Gasteiger partial charge in [0.1, 0.15) is 0 Å². The second-order valence-electron chi connectivity index (χ2n) is 4.84. The molecule has 6 heteroatoms. The van der Waals surface area contributed by atoms with Gasteiger partial charge >= 0.3 is 5.97 Å². The highest BCUT2D eigenvalue weighted by Gasteiger charge is 2.38. The first kappa shape index (κ1) is 12.6. The number of carbonyl (C=O) groups is 2. The average Bonchev–Trinajstić information content (AvgIpc) is 2.56. The maximum Gasteiger partial charge on any atom is 0.306 e. The third-order valence-corrected chi connectivity index (χ3v) is 3.80. The summed E-state index contributed by atoms with van der Waals surface area (Å²) in [5, 5.41) is 12.9. The van der Waals surface area contributed by atoms with Crippen LogP contribution in [0, 0.1) is 12.8 Å². The smallest absolute Gasteiger partial charge is 0.306 e. The minimum Gasteiger partial charge on any atom is -0.481 e. The van der Waals surface area contributed by atoms with Crippen LogP contribution in [0.3, 0.4) is 0 Å². The summed E-state index contributed by atoms with van der Waals surface area (Å²) in [5.41, 5.74) is 1.40. The Bertz CT molecular complexity index is 489. The molecule has 1 amide bonds. The molecule has 1 aromatic heterocycles. The lowest BCUT2D eigenvalue weighted by atomic mass is 9.79. The molecular formula is C12H17N3O3. The molecule has 6 nitrogen and oxygen atoms in total. The second kappa shape index (κ2) is 4.44. The number of hydrogen-bond donors (Lipinski definition) is 1. The van der Waals surface area contributed by atoms with Crippen molar-refractivity contribution in [2.24, 2.45) is 13.0 Å². The van der Waals surface area contributed by atoms with E-state index in [1.54, 1.807) is 29.9 Å². The maximum absolute atomic E-state index is 12.2. The Morgan fingerprint density at radius 1 is 1.50 bits per heavy atom. The molecule has 2 rings (SSSR count). The molecule has 98 valence electrons. The highest BCUT2D eigenvalue weighted by atomic mass is 16.4. The summed E-state index contributed by atoms with van der Waals surface area (Å²) in [7, 11) is 3.51. The average molecular weight is 251 g/mol. The molecule has 1 aliphatic carbocycles. The van der Waals surface area contributed by atoms with Crippen LogP contribution in [0.5, 0.6) is 0 Å². The number of amides is 1. The van der Waals surface area contributed by atoms with Crippen molar-refractivity contribution in [2.75, 3.05) is 7.05 Å². The van der Waals surface area contributed by atoms with Gasteiger partial charge in [-0.1, -0.05) is 0 Å². The van der Waals surface area contributed by atoms with Crippen molar-refractivity contribution in [1.29, 1.82) is 0 Å². The summed E-state index contributed by atoms with van der Waals surface area (Å²) in [4.78, 5) is 24.6. The quantitative estimate of drug-likeness (QED) is 0.856. The summed E-state index contributed by atoms with van der Waals surface area (Å²) in [6.07, 6.45) is 2.63. The van der Waals surface area contributed by atoms with E-state index in [1.807, 2.05) is 6.92 Å². The van der Waals surface area contributed by atoms with Crippen LogP contribution < -0.4 is 0 Å². The zero-order chi connectivity index (χ0) is 13.4. The van der Waals surface area contributed by atoms with Crippen molar-refractivity contribution < 1.29 is 14.7 Å². The Kier molecular flexibility index (Phi) is 3.11. The molecule has 1 aromatic rings. The molecule has 0 unspecified atom stereocenters. The van der Waals surface area contributed by atoms with Crippen molar-refractivity contribution in [1.82, 2.24) is 14.7 Å². The van der Waals surface area contributed by atoms with Crippen molar-refractivity contribution in [2.45, 2.75) is 25.8 Å². The summed E-state index contributed by atoms with van der Waals surface area (Å²) < 4.78 is 1.65. The Balaban J connectivity index is 2.03. The summed E-state index contributed by atoms with van der Waals surface area (Å²) in [6, 6.07) is 0.0261. The van der Waals surface area contributed by atoms with E-state index in [2.05, 4.69) is 5.10 Å². The zero-order valence-electron chi connectivity index (χ0n) is 10.8. The first-order valence-electron chi connectivity index (χ1n) is 5.90. The van der Waals surface area contributed by atoms with Gasteiger partial charge in [-0.05, 0) is 19.8 Å². The minimum atomic E-state index is -0.773. The van der Waals surface area contributed by atoms with E-state index in [0.29, 0.717) is 18.4 Å². The lowest BCUT2D eigenvalue weighted by Crippen LogP contribution is -2.47. The molecule has 0 saturated heterocycles.